The fourth-order valence-electron chi connectivity index (χ4n) is 1.54. The first-order chi connectivity index (χ1) is 7.58. The molecule has 16 heavy (non-hydrogen) atoms. The third-order valence-corrected chi connectivity index (χ3v) is 2.36. The smallest absolute Gasteiger partial charge is 0.320 e. The molecule has 0 amide bonds. The molecule has 0 spiro atoms. The summed E-state index contributed by atoms with van der Waals surface area (Å²) in [7, 11) is 0. The van der Waals surface area contributed by atoms with Crippen molar-refractivity contribution >= 4 is 17.0 Å². The molecule has 0 radical (unpaired) electrons. The summed E-state index contributed by atoms with van der Waals surface area (Å²) >= 11 is 0. The van der Waals surface area contributed by atoms with Crippen LogP contribution >= 0.6 is 0 Å². The Morgan fingerprint density at radius 3 is 3.06 bits per heavy atom. The monoisotopic (exact) mass is 221 g/mol. The van der Waals surface area contributed by atoms with Crippen molar-refractivity contribution in [3.05, 3.63) is 24.0 Å². The number of aromatic amines is 1. The molecule has 0 unspecified atom stereocenters. The van der Waals surface area contributed by atoms with Crippen molar-refractivity contribution in [1.82, 2.24) is 9.97 Å². The molecule has 2 rings (SSSR count). The number of aliphatic carboxylic acids is 1. The molecule has 0 aliphatic rings. The van der Waals surface area contributed by atoms with E-state index in [1.807, 2.05) is 0 Å². The number of pyridine rings is 1. The minimum Gasteiger partial charge on any atom is -0.506 e. The van der Waals surface area contributed by atoms with E-state index in [1.54, 1.807) is 6.20 Å². The fourth-order valence-corrected chi connectivity index (χ4v) is 1.54. The zero-order chi connectivity index (χ0) is 11.7. The summed E-state index contributed by atoms with van der Waals surface area (Å²) in [6, 6.07) is 0.573. The van der Waals surface area contributed by atoms with Gasteiger partial charge in [0.05, 0.1) is 6.20 Å². The van der Waals surface area contributed by atoms with Crippen LogP contribution in [0.15, 0.2) is 18.5 Å². The Kier molecular flexibility index (Phi) is 2.49. The van der Waals surface area contributed by atoms with Crippen LogP contribution in [0.5, 0.6) is 5.75 Å². The zero-order valence-electron chi connectivity index (χ0n) is 8.34. The lowest BCUT2D eigenvalue weighted by atomic mass is 10.1. The van der Waals surface area contributed by atoms with E-state index < -0.39 is 12.0 Å². The van der Waals surface area contributed by atoms with Gasteiger partial charge in [-0.1, -0.05) is 0 Å². The summed E-state index contributed by atoms with van der Waals surface area (Å²) in [4.78, 5) is 17.5. The van der Waals surface area contributed by atoms with Crippen molar-refractivity contribution in [2.45, 2.75) is 12.5 Å². The largest absolute Gasteiger partial charge is 0.506 e. The van der Waals surface area contributed by atoms with Crippen LogP contribution in [0, 0.1) is 0 Å². The highest BCUT2D eigenvalue weighted by atomic mass is 16.4. The topological polar surface area (TPSA) is 112 Å². The number of nitrogens with two attached hydrogens (primary N) is 1. The molecule has 1 atom stereocenters. The average Bonchev–Trinajstić information content (AvgIpc) is 2.61. The fraction of sp³-hybridized carbons (Fsp3) is 0.200. The molecule has 6 nitrogen and oxygen atoms in total. The Hall–Kier alpha value is -2.08. The summed E-state index contributed by atoms with van der Waals surface area (Å²) in [6.07, 6.45) is 3.17. The van der Waals surface area contributed by atoms with E-state index in [0.29, 0.717) is 11.0 Å². The van der Waals surface area contributed by atoms with E-state index in [2.05, 4.69) is 9.97 Å². The number of carboxylic acid groups (broad SMARTS) is 1. The number of aromatic nitrogens is 2. The maximum absolute atomic E-state index is 10.6. The Morgan fingerprint density at radius 1 is 1.62 bits per heavy atom. The second-order valence-electron chi connectivity index (χ2n) is 3.55. The Balaban J connectivity index is 2.37. The van der Waals surface area contributed by atoms with Gasteiger partial charge >= 0.3 is 5.97 Å². The van der Waals surface area contributed by atoms with Gasteiger partial charge in [-0.2, -0.15) is 0 Å². The quantitative estimate of drug-likeness (QED) is 0.592. The lowest BCUT2D eigenvalue weighted by molar-refractivity contribution is -0.138. The zero-order valence-corrected chi connectivity index (χ0v) is 8.34. The Labute approximate surface area is 90.7 Å². The standard InChI is InChI=1S/C10H11N3O3/c11-8(10(15)16)1-5-3-12-9-7(5)2-6(14)4-13-9/h2-4,8,14H,1,11H2,(H,12,13)(H,15,16)/t8-/m0/s1. The summed E-state index contributed by atoms with van der Waals surface area (Å²) < 4.78 is 0. The van der Waals surface area contributed by atoms with E-state index in [9.17, 15) is 9.90 Å². The van der Waals surface area contributed by atoms with Crippen LogP contribution in [-0.4, -0.2) is 32.2 Å². The molecule has 5 N–H and O–H groups in total. The summed E-state index contributed by atoms with van der Waals surface area (Å²) in [5.74, 6) is -1.01. The van der Waals surface area contributed by atoms with Crippen LogP contribution in [0.4, 0.5) is 0 Å². The first-order valence-corrected chi connectivity index (χ1v) is 4.71. The molecule has 84 valence electrons. The van der Waals surface area contributed by atoms with Gasteiger partial charge in [0.15, 0.2) is 0 Å². The summed E-state index contributed by atoms with van der Waals surface area (Å²) in [5.41, 5.74) is 6.77. The van der Waals surface area contributed by atoms with Gasteiger partial charge in [0.1, 0.15) is 17.4 Å². The van der Waals surface area contributed by atoms with Crippen molar-refractivity contribution in [1.29, 1.82) is 0 Å². The maximum atomic E-state index is 10.6. The van der Waals surface area contributed by atoms with Crippen LogP contribution in [-0.2, 0) is 11.2 Å². The van der Waals surface area contributed by atoms with E-state index in [-0.39, 0.29) is 12.2 Å². The highest BCUT2D eigenvalue weighted by molar-refractivity contribution is 5.82. The van der Waals surface area contributed by atoms with Crippen LogP contribution in [0.2, 0.25) is 0 Å². The molecule has 2 aromatic heterocycles. The number of hydrogen-bond donors (Lipinski definition) is 4. The first kappa shape index (κ1) is 10.4. The number of nitrogens with one attached hydrogen (secondary N) is 1. The average molecular weight is 221 g/mol. The van der Waals surface area contributed by atoms with Crippen LogP contribution in [0.3, 0.4) is 0 Å². The van der Waals surface area contributed by atoms with Gasteiger partial charge in [-0.3, -0.25) is 4.79 Å². The van der Waals surface area contributed by atoms with Crippen LogP contribution < -0.4 is 5.73 Å². The first-order valence-electron chi connectivity index (χ1n) is 4.71. The number of hydrogen-bond acceptors (Lipinski definition) is 4. The number of aromatic hydroxyl groups is 1. The van der Waals surface area contributed by atoms with Crippen molar-refractivity contribution in [2.24, 2.45) is 5.73 Å². The molecule has 0 aromatic carbocycles. The van der Waals surface area contributed by atoms with Gasteiger partial charge in [0.2, 0.25) is 0 Å². The van der Waals surface area contributed by atoms with Crippen LogP contribution in [0.1, 0.15) is 5.56 Å². The molecule has 0 saturated carbocycles. The third kappa shape index (κ3) is 1.82. The van der Waals surface area contributed by atoms with Gasteiger partial charge in [-0.05, 0) is 11.6 Å². The summed E-state index contributed by atoms with van der Waals surface area (Å²) in [5, 5.41) is 18.7. The van der Waals surface area contributed by atoms with Crippen LogP contribution in [0.25, 0.3) is 11.0 Å². The highest BCUT2D eigenvalue weighted by Gasteiger charge is 2.15. The van der Waals surface area contributed by atoms with Crippen molar-refractivity contribution < 1.29 is 15.0 Å². The lowest BCUT2D eigenvalue weighted by Crippen LogP contribution is -2.32. The summed E-state index contributed by atoms with van der Waals surface area (Å²) in [6.45, 7) is 0. The Morgan fingerprint density at radius 2 is 2.38 bits per heavy atom. The second kappa shape index (κ2) is 3.82. The molecular weight excluding hydrogens is 210 g/mol. The molecule has 0 aliphatic carbocycles. The molecular formula is C10H11N3O3. The van der Waals surface area contributed by atoms with Crippen molar-refractivity contribution in [3.63, 3.8) is 0 Å². The number of carbonyl (C=O) groups is 1. The normalized spacial score (nSPS) is 12.8. The van der Waals surface area contributed by atoms with Gasteiger partial charge in [-0.25, -0.2) is 4.98 Å². The minimum atomic E-state index is -1.05. The molecule has 2 aromatic rings. The molecule has 0 aliphatic heterocycles. The molecule has 0 fully saturated rings. The molecule has 6 heteroatoms. The van der Waals surface area contributed by atoms with E-state index in [0.717, 1.165) is 5.56 Å². The predicted octanol–water partition coefficient (Wildman–Crippen LogP) is 0.223. The number of H-pyrrole nitrogens is 1. The Bertz CT molecular complexity index is 535. The number of fused-ring (bicyclic) bond motifs is 1. The van der Waals surface area contributed by atoms with Crippen molar-refractivity contribution in [2.75, 3.05) is 0 Å². The van der Waals surface area contributed by atoms with Gasteiger partial charge in [0.25, 0.3) is 0 Å². The number of carboxylic acids is 1. The maximum Gasteiger partial charge on any atom is 0.320 e. The lowest BCUT2D eigenvalue weighted by Gasteiger charge is -2.04. The molecule has 2 heterocycles. The van der Waals surface area contributed by atoms with E-state index in [1.165, 1.54) is 12.3 Å². The van der Waals surface area contributed by atoms with Crippen molar-refractivity contribution in [3.8, 4) is 5.75 Å². The highest BCUT2D eigenvalue weighted by Crippen LogP contribution is 2.21. The third-order valence-electron chi connectivity index (χ3n) is 2.36. The minimum absolute atomic E-state index is 0.0391. The molecule has 0 bridgehead atoms. The van der Waals surface area contributed by atoms with Gasteiger partial charge < -0.3 is 20.9 Å². The predicted molar refractivity (Wildman–Crippen MR) is 57.1 cm³/mol. The van der Waals surface area contributed by atoms with E-state index >= 15 is 0 Å². The second-order valence-corrected chi connectivity index (χ2v) is 3.55. The molecule has 0 saturated heterocycles. The van der Waals surface area contributed by atoms with Gasteiger partial charge in [-0.15, -0.1) is 0 Å². The SMILES string of the molecule is N[C@@H](Cc1c[nH]c2ncc(O)cc12)C(=O)O. The number of rotatable bonds is 3. The number of nitrogens with zero attached hydrogens (tertiary/aromatic N) is 1. The van der Waals surface area contributed by atoms with Gasteiger partial charge in [0, 0.05) is 18.0 Å². The van der Waals surface area contributed by atoms with E-state index in [4.69, 9.17) is 10.8 Å².